The summed E-state index contributed by atoms with van der Waals surface area (Å²) < 4.78 is 0. The monoisotopic (exact) mass is 316 g/mol. The fraction of sp³-hybridized carbons (Fsp3) is 0.650. The third-order valence-electron chi connectivity index (χ3n) is 4.92. The fourth-order valence-electron chi connectivity index (χ4n) is 3.20. The molecule has 0 aliphatic carbocycles. The van der Waals surface area contributed by atoms with E-state index in [9.17, 15) is 4.79 Å². The van der Waals surface area contributed by atoms with Gasteiger partial charge in [-0.05, 0) is 48.1 Å². The van der Waals surface area contributed by atoms with Crippen molar-refractivity contribution in [3.05, 3.63) is 35.4 Å². The van der Waals surface area contributed by atoms with Gasteiger partial charge < -0.3 is 10.6 Å². The third kappa shape index (κ3) is 5.07. The summed E-state index contributed by atoms with van der Waals surface area (Å²) in [4.78, 5) is 14.6. The average Bonchev–Trinajstić information content (AvgIpc) is 2.71. The smallest absolute Gasteiger partial charge is 0.239 e. The van der Waals surface area contributed by atoms with Crippen LogP contribution in [0, 0.1) is 5.92 Å². The molecule has 1 heterocycles. The number of likely N-dealkylation sites (tertiary alicyclic amines) is 1. The van der Waals surface area contributed by atoms with Crippen LogP contribution in [0.4, 0.5) is 0 Å². The molecule has 128 valence electrons. The maximum atomic E-state index is 12.6. The Morgan fingerprint density at radius 2 is 1.87 bits per heavy atom. The van der Waals surface area contributed by atoms with E-state index in [1.54, 1.807) is 0 Å². The van der Waals surface area contributed by atoms with Crippen molar-refractivity contribution in [1.82, 2.24) is 4.90 Å². The molecule has 1 fully saturated rings. The first kappa shape index (κ1) is 18.0. The Morgan fingerprint density at radius 1 is 1.22 bits per heavy atom. The first-order valence-corrected chi connectivity index (χ1v) is 8.91. The van der Waals surface area contributed by atoms with E-state index in [0.29, 0.717) is 12.3 Å². The molecule has 1 aromatic rings. The van der Waals surface area contributed by atoms with Gasteiger partial charge in [-0.3, -0.25) is 4.79 Å². The second-order valence-corrected chi connectivity index (χ2v) is 8.12. The molecule has 1 aliphatic heterocycles. The average molecular weight is 316 g/mol. The third-order valence-corrected chi connectivity index (χ3v) is 4.92. The summed E-state index contributed by atoms with van der Waals surface area (Å²) in [5.41, 5.74) is 8.80. The molecule has 3 heteroatoms. The number of hydrogen-bond acceptors (Lipinski definition) is 2. The minimum atomic E-state index is -0.427. The molecule has 1 aromatic carbocycles. The summed E-state index contributed by atoms with van der Waals surface area (Å²) in [5.74, 6) is 0.827. The lowest BCUT2D eigenvalue weighted by Crippen LogP contribution is -2.45. The molecule has 3 nitrogen and oxygen atoms in total. The Balaban J connectivity index is 1.95. The summed E-state index contributed by atoms with van der Waals surface area (Å²) in [5, 5.41) is 0. The van der Waals surface area contributed by atoms with Crippen LogP contribution in [0.1, 0.15) is 58.1 Å². The number of carbonyl (C=O) groups excluding carboxylic acids is 1. The van der Waals surface area contributed by atoms with Crippen LogP contribution in [-0.4, -0.2) is 29.9 Å². The Morgan fingerprint density at radius 3 is 2.48 bits per heavy atom. The molecular weight excluding hydrogens is 284 g/mol. The van der Waals surface area contributed by atoms with Crippen molar-refractivity contribution in [2.45, 2.75) is 64.8 Å². The van der Waals surface area contributed by atoms with Gasteiger partial charge in [-0.1, -0.05) is 52.0 Å². The lowest BCUT2D eigenvalue weighted by Gasteiger charge is -2.24. The maximum absolute atomic E-state index is 12.6. The predicted octanol–water partition coefficient (Wildman–Crippen LogP) is 3.50. The summed E-state index contributed by atoms with van der Waals surface area (Å²) in [7, 11) is 0. The molecule has 0 bridgehead atoms. The highest BCUT2D eigenvalue weighted by Gasteiger charge is 2.23. The number of rotatable bonds is 3. The van der Waals surface area contributed by atoms with Crippen molar-refractivity contribution in [3.63, 3.8) is 0 Å². The van der Waals surface area contributed by atoms with Gasteiger partial charge >= 0.3 is 0 Å². The molecular formula is C20H32N2O. The number of benzene rings is 1. The largest absolute Gasteiger partial charge is 0.341 e. The van der Waals surface area contributed by atoms with Gasteiger partial charge in [0.15, 0.2) is 0 Å². The lowest BCUT2D eigenvalue weighted by molar-refractivity contribution is -0.132. The Hall–Kier alpha value is -1.35. The van der Waals surface area contributed by atoms with Crippen molar-refractivity contribution < 1.29 is 4.79 Å². The van der Waals surface area contributed by atoms with E-state index in [4.69, 9.17) is 5.73 Å². The predicted molar refractivity (Wildman–Crippen MR) is 96.4 cm³/mol. The minimum Gasteiger partial charge on any atom is -0.341 e. The van der Waals surface area contributed by atoms with Gasteiger partial charge in [-0.2, -0.15) is 0 Å². The number of nitrogens with two attached hydrogens (primary N) is 1. The highest BCUT2D eigenvalue weighted by molar-refractivity contribution is 5.82. The molecule has 2 rings (SSSR count). The minimum absolute atomic E-state index is 0.110. The Bertz CT molecular complexity index is 515. The number of hydrogen-bond donors (Lipinski definition) is 1. The molecule has 0 spiro atoms. The van der Waals surface area contributed by atoms with Crippen LogP contribution in [0.25, 0.3) is 0 Å². The van der Waals surface area contributed by atoms with Gasteiger partial charge in [0.25, 0.3) is 0 Å². The van der Waals surface area contributed by atoms with Crippen molar-refractivity contribution in [2.24, 2.45) is 11.7 Å². The van der Waals surface area contributed by atoms with E-state index < -0.39 is 6.04 Å². The van der Waals surface area contributed by atoms with Gasteiger partial charge in [-0.25, -0.2) is 0 Å². The van der Waals surface area contributed by atoms with Crippen LogP contribution < -0.4 is 5.73 Å². The van der Waals surface area contributed by atoms with Gasteiger partial charge in [0.2, 0.25) is 5.91 Å². The van der Waals surface area contributed by atoms with Gasteiger partial charge in [0.05, 0.1) is 6.04 Å². The number of nitrogens with zero attached hydrogens (tertiary/aromatic N) is 1. The van der Waals surface area contributed by atoms with Crippen molar-refractivity contribution in [1.29, 1.82) is 0 Å². The first-order chi connectivity index (χ1) is 10.8. The topological polar surface area (TPSA) is 46.3 Å². The zero-order valence-electron chi connectivity index (χ0n) is 15.1. The summed E-state index contributed by atoms with van der Waals surface area (Å²) >= 11 is 0. The van der Waals surface area contributed by atoms with Crippen LogP contribution >= 0.6 is 0 Å². The zero-order valence-corrected chi connectivity index (χ0v) is 15.1. The molecule has 1 amide bonds. The van der Waals surface area contributed by atoms with Crippen LogP contribution in [0.2, 0.25) is 0 Å². The van der Waals surface area contributed by atoms with E-state index in [2.05, 4.69) is 52.0 Å². The van der Waals surface area contributed by atoms with E-state index in [-0.39, 0.29) is 11.3 Å². The second-order valence-electron chi connectivity index (χ2n) is 8.12. The lowest BCUT2D eigenvalue weighted by atomic mass is 9.86. The molecule has 0 saturated carbocycles. The van der Waals surface area contributed by atoms with Crippen molar-refractivity contribution in [3.8, 4) is 0 Å². The SMILES string of the molecule is CC1CCCN(C(=O)[C@H](N)Cc2ccc(C(C)(C)C)cc2)CC1. The van der Waals surface area contributed by atoms with Crippen LogP contribution in [-0.2, 0) is 16.6 Å². The molecule has 2 atom stereocenters. The summed E-state index contributed by atoms with van der Waals surface area (Å²) in [6.45, 7) is 10.6. The molecule has 1 aliphatic rings. The van der Waals surface area contributed by atoms with Crippen LogP contribution in [0.15, 0.2) is 24.3 Å². The number of carbonyl (C=O) groups is 1. The van der Waals surface area contributed by atoms with E-state index in [1.165, 1.54) is 12.0 Å². The first-order valence-electron chi connectivity index (χ1n) is 8.91. The normalized spacial score (nSPS) is 20.9. The van der Waals surface area contributed by atoms with Crippen LogP contribution in [0.5, 0.6) is 0 Å². The highest BCUT2D eigenvalue weighted by Crippen LogP contribution is 2.22. The molecule has 1 saturated heterocycles. The maximum Gasteiger partial charge on any atom is 0.239 e. The molecule has 1 unspecified atom stereocenters. The van der Waals surface area contributed by atoms with Gasteiger partial charge in [0, 0.05) is 13.1 Å². The number of amides is 1. The van der Waals surface area contributed by atoms with E-state index in [0.717, 1.165) is 31.5 Å². The zero-order chi connectivity index (χ0) is 17.0. The Kier molecular flexibility index (Phi) is 5.85. The molecule has 23 heavy (non-hydrogen) atoms. The second kappa shape index (κ2) is 7.48. The van der Waals surface area contributed by atoms with Crippen LogP contribution in [0.3, 0.4) is 0 Å². The van der Waals surface area contributed by atoms with Gasteiger partial charge in [-0.15, -0.1) is 0 Å². The summed E-state index contributed by atoms with van der Waals surface area (Å²) in [6, 6.07) is 8.10. The highest BCUT2D eigenvalue weighted by atomic mass is 16.2. The quantitative estimate of drug-likeness (QED) is 0.927. The van der Waals surface area contributed by atoms with E-state index >= 15 is 0 Å². The van der Waals surface area contributed by atoms with Crippen molar-refractivity contribution in [2.75, 3.05) is 13.1 Å². The fourth-order valence-corrected chi connectivity index (χ4v) is 3.20. The molecule has 0 aromatic heterocycles. The molecule has 2 N–H and O–H groups in total. The Labute approximate surface area is 141 Å². The van der Waals surface area contributed by atoms with Crippen molar-refractivity contribution >= 4 is 5.91 Å². The summed E-state index contributed by atoms with van der Waals surface area (Å²) in [6.07, 6.45) is 4.03. The van der Waals surface area contributed by atoms with E-state index in [1.807, 2.05) is 4.90 Å². The standard InChI is InChI=1S/C20H32N2O/c1-15-6-5-12-22(13-11-15)19(23)18(21)14-16-7-9-17(10-8-16)20(2,3)4/h7-10,15,18H,5-6,11-14,21H2,1-4H3/t15?,18-/m1/s1. The van der Waals surface area contributed by atoms with Gasteiger partial charge in [0.1, 0.15) is 0 Å². The molecule has 0 radical (unpaired) electrons.